The molecule has 36 heavy (non-hydrogen) atoms. The van der Waals surface area contributed by atoms with Crippen LogP contribution in [-0.4, -0.2) is 36.5 Å². The third-order valence-electron chi connectivity index (χ3n) is 6.27. The molecular formula is C29H27NO6. The number of ether oxygens (including phenoxy) is 2. The molecule has 3 aromatic carbocycles. The van der Waals surface area contributed by atoms with E-state index in [4.69, 9.17) is 9.47 Å². The number of rotatable bonds is 6. The molecule has 0 radical (unpaired) electrons. The number of aliphatic hydroxyl groups is 1. The first kappa shape index (κ1) is 24.7. The molecule has 1 amide bonds. The molecule has 1 N–H and O–H groups in total. The first-order valence-electron chi connectivity index (χ1n) is 11.6. The Hall–Kier alpha value is -4.39. The van der Waals surface area contributed by atoms with Gasteiger partial charge in [-0.1, -0.05) is 30.3 Å². The molecule has 1 fully saturated rings. The number of anilines is 1. The fourth-order valence-electron chi connectivity index (χ4n) is 4.27. The first-order chi connectivity index (χ1) is 17.3. The summed E-state index contributed by atoms with van der Waals surface area (Å²) in [5.74, 6) is -1.91. The summed E-state index contributed by atoms with van der Waals surface area (Å²) in [7, 11) is 1.52. The lowest BCUT2D eigenvalue weighted by molar-refractivity contribution is -0.132. The van der Waals surface area contributed by atoms with Crippen molar-refractivity contribution < 1.29 is 29.0 Å². The Labute approximate surface area is 209 Å². The number of aliphatic hydroxyl groups excluding tert-OH is 1. The molecule has 7 heteroatoms. The molecule has 1 aliphatic rings. The molecule has 1 heterocycles. The first-order valence-corrected chi connectivity index (χ1v) is 11.6. The van der Waals surface area contributed by atoms with Gasteiger partial charge in [0.2, 0.25) is 0 Å². The van der Waals surface area contributed by atoms with Crippen LogP contribution in [-0.2, 0) is 14.3 Å². The number of carbonyl (C=O) groups is 3. The molecule has 0 saturated carbocycles. The lowest BCUT2D eigenvalue weighted by Crippen LogP contribution is -2.29. The van der Waals surface area contributed by atoms with E-state index in [0.29, 0.717) is 22.6 Å². The maximum absolute atomic E-state index is 13.4. The molecule has 1 saturated heterocycles. The zero-order valence-electron chi connectivity index (χ0n) is 20.6. The molecule has 0 aromatic heterocycles. The van der Waals surface area contributed by atoms with Crippen LogP contribution in [0.25, 0.3) is 5.76 Å². The second kappa shape index (κ2) is 10.1. The third-order valence-corrected chi connectivity index (χ3v) is 6.27. The van der Waals surface area contributed by atoms with E-state index < -0.39 is 23.7 Å². The van der Waals surface area contributed by atoms with E-state index in [9.17, 15) is 19.5 Å². The van der Waals surface area contributed by atoms with Gasteiger partial charge in [-0.25, -0.2) is 4.79 Å². The second-order valence-corrected chi connectivity index (χ2v) is 8.52. The van der Waals surface area contributed by atoms with Crippen molar-refractivity contribution in [2.24, 2.45) is 0 Å². The minimum absolute atomic E-state index is 0.0435. The average Bonchev–Trinajstić information content (AvgIpc) is 3.15. The highest BCUT2D eigenvalue weighted by atomic mass is 16.5. The fourth-order valence-corrected chi connectivity index (χ4v) is 4.27. The highest BCUT2D eigenvalue weighted by molar-refractivity contribution is 6.51. The van der Waals surface area contributed by atoms with E-state index in [0.717, 1.165) is 11.1 Å². The lowest BCUT2D eigenvalue weighted by atomic mass is 9.94. The van der Waals surface area contributed by atoms with Crippen LogP contribution < -0.4 is 9.64 Å². The van der Waals surface area contributed by atoms with E-state index >= 15 is 0 Å². The van der Waals surface area contributed by atoms with Gasteiger partial charge in [0, 0.05) is 11.3 Å². The number of benzene rings is 3. The van der Waals surface area contributed by atoms with Gasteiger partial charge in [-0.3, -0.25) is 14.5 Å². The summed E-state index contributed by atoms with van der Waals surface area (Å²) in [6.45, 7) is 5.76. The number of aryl methyl sites for hydroxylation is 2. The van der Waals surface area contributed by atoms with E-state index in [1.165, 1.54) is 18.1 Å². The number of methoxy groups -OCH3 is 1. The summed E-state index contributed by atoms with van der Waals surface area (Å²) in [4.78, 5) is 40.4. The normalized spacial score (nSPS) is 16.8. The summed E-state index contributed by atoms with van der Waals surface area (Å²) >= 11 is 0. The lowest BCUT2D eigenvalue weighted by Gasteiger charge is -2.26. The van der Waals surface area contributed by atoms with Crippen LogP contribution in [0.5, 0.6) is 5.75 Å². The Bertz CT molecular complexity index is 1390. The Morgan fingerprint density at radius 2 is 1.69 bits per heavy atom. The number of nitrogens with zero attached hydrogens (tertiary/aromatic N) is 1. The number of Topliss-reactive ketones (excluding diaryl/α,β-unsaturated/α-hetero) is 1. The van der Waals surface area contributed by atoms with Crippen molar-refractivity contribution in [3.8, 4) is 5.75 Å². The highest BCUT2D eigenvalue weighted by Gasteiger charge is 2.47. The molecule has 1 aliphatic heterocycles. The van der Waals surface area contributed by atoms with Gasteiger partial charge in [0.1, 0.15) is 11.5 Å². The van der Waals surface area contributed by atoms with Gasteiger partial charge in [-0.2, -0.15) is 0 Å². The smallest absolute Gasteiger partial charge is 0.338 e. The van der Waals surface area contributed by atoms with Crippen LogP contribution in [0.2, 0.25) is 0 Å². The largest absolute Gasteiger partial charge is 0.507 e. The van der Waals surface area contributed by atoms with Crippen molar-refractivity contribution in [2.45, 2.75) is 26.8 Å². The number of carbonyl (C=O) groups excluding carboxylic acids is 3. The summed E-state index contributed by atoms with van der Waals surface area (Å²) in [6.07, 6.45) is 0. The number of amides is 1. The Morgan fingerprint density at radius 3 is 2.39 bits per heavy atom. The topological polar surface area (TPSA) is 93.1 Å². The number of esters is 1. The molecule has 0 bridgehead atoms. The molecule has 0 spiro atoms. The van der Waals surface area contributed by atoms with E-state index in [1.54, 1.807) is 61.5 Å². The van der Waals surface area contributed by atoms with Crippen LogP contribution in [0.15, 0.2) is 72.3 Å². The van der Waals surface area contributed by atoms with Gasteiger partial charge in [-0.15, -0.1) is 0 Å². The maximum atomic E-state index is 13.4. The minimum atomic E-state index is -0.945. The molecule has 184 valence electrons. The summed E-state index contributed by atoms with van der Waals surface area (Å²) < 4.78 is 10.5. The summed E-state index contributed by atoms with van der Waals surface area (Å²) in [5, 5.41) is 11.3. The SMILES string of the molecule is CCOC(=O)c1cccc(N2C(=O)C(=O)/C(=C(/O)c3ccc(C)c(C)c3)C2c2cccc(OC)c2)c1. The monoisotopic (exact) mass is 485 g/mol. The fraction of sp³-hybridized carbons (Fsp3) is 0.207. The Kier molecular flexibility index (Phi) is 6.92. The molecule has 1 unspecified atom stereocenters. The van der Waals surface area contributed by atoms with E-state index in [1.807, 2.05) is 19.9 Å². The number of hydrogen-bond donors (Lipinski definition) is 1. The van der Waals surface area contributed by atoms with Crippen molar-refractivity contribution in [2.75, 3.05) is 18.6 Å². The molecule has 3 aromatic rings. The van der Waals surface area contributed by atoms with Gasteiger partial charge in [-0.05, 0) is 73.9 Å². The summed E-state index contributed by atoms with van der Waals surface area (Å²) in [5.41, 5.74) is 3.51. The van der Waals surface area contributed by atoms with Crippen molar-refractivity contribution >= 4 is 29.1 Å². The molecule has 1 atom stereocenters. The maximum Gasteiger partial charge on any atom is 0.338 e. The van der Waals surface area contributed by atoms with E-state index in [2.05, 4.69) is 0 Å². The standard InChI is InChI=1S/C29H27NO6/c1-5-36-29(34)21-9-6-10-22(15-21)30-25(19-8-7-11-23(16-19)35-4)24(27(32)28(30)33)26(31)20-13-12-17(2)18(3)14-20/h6-16,25,31H,5H2,1-4H3/b26-24+. The van der Waals surface area contributed by atoms with Crippen LogP contribution >= 0.6 is 0 Å². The zero-order chi connectivity index (χ0) is 26.0. The van der Waals surface area contributed by atoms with Gasteiger partial charge < -0.3 is 14.6 Å². The van der Waals surface area contributed by atoms with Gasteiger partial charge >= 0.3 is 5.97 Å². The van der Waals surface area contributed by atoms with Crippen molar-refractivity contribution in [1.82, 2.24) is 0 Å². The second-order valence-electron chi connectivity index (χ2n) is 8.52. The van der Waals surface area contributed by atoms with Crippen molar-refractivity contribution in [3.63, 3.8) is 0 Å². The molecule has 0 aliphatic carbocycles. The van der Waals surface area contributed by atoms with Crippen molar-refractivity contribution in [1.29, 1.82) is 0 Å². The predicted octanol–water partition coefficient (Wildman–Crippen LogP) is 5.12. The van der Waals surface area contributed by atoms with Gasteiger partial charge in [0.25, 0.3) is 11.7 Å². The van der Waals surface area contributed by atoms with Gasteiger partial charge in [0.15, 0.2) is 0 Å². The average molecular weight is 486 g/mol. The van der Waals surface area contributed by atoms with Gasteiger partial charge in [0.05, 0.1) is 30.9 Å². The number of hydrogen-bond acceptors (Lipinski definition) is 6. The zero-order valence-corrected chi connectivity index (χ0v) is 20.6. The quantitative estimate of drug-likeness (QED) is 0.226. The Balaban J connectivity index is 1.94. The van der Waals surface area contributed by atoms with Crippen molar-refractivity contribution in [3.05, 3.63) is 100 Å². The van der Waals surface area contributed by atoms with E-state index in [-0.39, 0.29) is 23.5 Å². The van der Waals surface area contributed by atoms with Crippen LogP contribution in [0.3, 0.4) is 0 Å². The highest BCUT2D eigenvalue weighted by Crippen LogP contribution is 2.43. The van der Waals surface area contributed by atoms with Crippen LogP contribution in [0.1, 0.15) is 45.6 Å². The minimum Gasteiger partial charge on any atom is -0.507 e. The Morgan fingerprint density at radius 1 is 0.944 bits per heavy atom. The molecular weight excluding hydrogens is 458 g/mol. The summed E-state index contributed by atoms with van der Waals surface area (Å²) in [6, 6.07) is 17.7. The molecule has 4 rings (SSSR count). The van der Waals surface area contributed by atoms with Crippen LogP contribution in [0, 0.1) is 13.8 Å². The third kappa shape index (κ3) is 4.47. The predicted molar refractivity (Wildman–Crippen MR) is 136 cm³/mol. The molecule has 7 nitrogen and oxygen atoms in total. The number of ketones is 1. The van der Waals surface area contributed by atoms with Crippen LogP contribution in [0.4, 0.5) is 5.69 Å².